The zero-order valence-corrected chi connectivity index (χ0v) is 14.2. The molecule has 0 aromatic rings. The van der Waals surface area contributed by atoms with Gasteiger partial charge in [-0.1, -0.05) is 19.8 Å². The maximum Gasteiger partial charge on any atom is 0.223 e. The van der Waals surface area contributed by atoms with Crippen LogP contribution in [0.25, 0.3) is 0 Å². The zero-order valence-electron chi connectivity index (χ0n) is 13.4. The fourth-order valence-electron chi connectivity index (χ4n) is 3.57. The van der Waals surface area contributed by atoms with Crippen molar-refractivity contribution in [1.82, 2.24) is 10.2 Å². The van der Waals surface area contributed by atoms with Crippen LogP contribution in [0.5, 0.6) is 0 Å². The first-order chi connectivity index (χ1) is 10.2. The van der Waals surface area contributed by atoms with Gasteiger partial charge in [0, 0.05) is 26.4 Å². The van der Waals surface area contributed by atoms with Crippen molar-refractivity contribution in [1.29, 1.82) is 0 Å². The summed E-state index contributed by atoms with van der Waals surface area (Å²) in [7, 11) is -1.65. The van der Waals surface area contributed by atoms with Gasteiger partial charge in [0.15, 0.2) is 9.84 Å². The second kappa shape index (κ2) is 6.56. The summed E-state index contributed by atoms with van der Waals surface area (Å²) in [6.07, 6.45) is 4.91. The lowest BCUT2D eigenvalue weighted by Crippen LogP contribution is -2.53. The van der Waals surface area contributed by atoms with E-state index in [-0.39, 0.29) is 41.7 Å². The van der Waals surface area contributed by atoms with Gasteiger partial charge < -0.3 is 10.2 Å². The fourth-order valence-corrected chi connectivity index (χ4v) is 5.10. The van der Waals surface area contributed by atoms with E-state index in [1.165, 1.54) is 7.05 Å². The molecule has 2 amide bonds. The molecule has 22 heavy (non-hydrogen) atoms. The van der Waals surface area contributed by atoms with E-state index in [1.54, 1.807) is 4.90 Å². The minimum Gasteiger partial charge on any atom is -0.359 e. The van der Waals surface area contributed by atoms with Crippen molar-refractivity contribution in [2.45, 2.75) is 51.5 Å². The lowest BCUT2D eigenvalue weighted by Gasteiger charge is -2.37. The molecule has 1 heterocycles. The van der Waals surface area contributed by atoms with Crippen LogP contribution in [0.15, 0.2) is 0 Å². The van der Waals surface area contributed by atoms with Crippen LogP contribution in [0, 0.1) is 5.41 Å². The molecule has 1 aliphatic carbocycles. The molecule has 1 unspecified atom stereocenters. The summed E-state index contributed by atoms with van der Waals surface area (Å²) in [5.41, 5.74) is 0.0327. The molecule has 0 spiro atoms. The maximum absolute atomic E-state index is 12.6. The molecule has 6 nitrogen and oxygen atoms in total. The molecule has 0 aromatic carbocycles. The monoisotopic (exact) mass is 330 g/mol. The SMILES string of the molecule is CNC(=O)CC1CS(=O)(=O)CCN1C(=O)CC1(C)CCCC1. The van der Waals surface area contributed by atoms with Crippen molar-refractivity contribution in [2.75, 3.05) is 25.1 Å². The molecule has 7 heteroatoms. The Labute approximate surface area is 132 Å². The smallest absolute Gasteiger partial charge is 0.223 e. The van der Waals surface area contributed by atoms with E-state index in [1.807, 2.05) is 0 Å². The maximum atomic E-state index is 12.6. The van der Waals surface area contributed by atoms with Crippen molar-refractivity contribution >= 4 is 21.7 Å². The summed E-state index contributed by atoms with van der Waals surface area (Å²) in [6, 6.07) is -0.531. The minimum atomic E-state index is -3.17. The molecule has 1 atom stereocenters. The molecule has 1 N–H and O–H groups in total. The van der Waals surface area contributed by atoms with Gasteiger partial charge in [-0.05, 0) is 18.3 Å². The number of rotatable bonds is 4. The summed E-state index contributed by atoms with van der Waals surface area (Å²) in [5, 5.41) is 2.51. The Balaban J connectivity index is 2.08. The minimum absolute atomic E-state index is 0.000299. The summed E-state index contributed by atoms with van der Waals surface area (Å²) in [4.78, 5) is 25.9. The van der Waals surface area contributed by atoms with Gasteiger partial charge in [-0.15, -0.1) is 0 Å². The number of sulfone groups is 1. The second-order valence-electron chi connectivity index (χ2n) is 6.93. The first-order valence-electron chi connectivity index (χ1n) is 7.95. The number of carbonyl (C=O) groups excluding carboxylic acids is 2. The van der Waals surface area contributed by atoms with Gasteiger partial charge in [0.25, 0.3) is 0 Å². The zero-order chi connectivity index (χ0) is 16.4. The van der Waals surface area contributed by atoms with Crippen molar-refractivity contribution in [3.63, 3.8) is 0 Å². The number of hydrogen-bond acceptors (Lipinski definition) is 4. The fraction of sp³-hybridized carbons (Fsp3) is 0.867. The Bertz CT molecular complexity index is 538. The van der Waals surface area contributed by atoms with Crippen LogP contribution in [0.1, 0.15) is 45.4 Å². The van der Waals surface area contributed by atoms with Crippen LogP contribution in [-0.2, 0) is 19.4 Å². The summed E-state index contributed by atoms with van der Waals surface area (Å²) >= 11 is 0. The van der Waals surface area contributed by atoms with Crippen molar-refractivity contribution < 1.29 is 18.0 Å². The predicted molar refractivity (Wildman–Crippen MR) is 84.0 cm³/mol. The number of carbonyl (C=O) groups is 2. The van der Waals surface area contributed by atoms with E-state index in [9.17, 15) is 18.0 Å². The Morgan fingerprint density at radius 1 is 1.27 bits per heavy atom. The lowest BCUT2D eigenvalue weighted by atomic mass is 9.84. The van der Waals surface area contributed by atoms with Crippen LogP contribution in [0.3, 0.4) is 0 Å². The van der Waals surface area contributed by atoms with Gasteiger partial charge >= 0.3 is 0 Å². The van der Waals surface area contributed by atoms with Crippen LogP contribution < -0.4 is 5.32 Å². The molecule has 2 aliphatic rings. The molecule has 0 radical (unpaired) electrons. The third-order valence-electron chi connectivity index (χ3n) is 4.94. The van der Waals surface area contributed by atoms with Gasteiger partial charge in [-0.2, -0.15) is 0 Å². The highest BCUT2D eigenvalue weighted by molar-refractivity contribution is 7.91. The molecule has 2 fully saturated rings. The quantitative estimate of drug-likeness (QED) is 0.823. The van der Waals surface area contributed by atoms with Gasteiger partial charge in [0.05, 0.1) is 17.5 Å². The molecule has 0 bridgehead atoms. The standard InChI is InChI=1S/C15H26N2O4S/c1-15(5-3-4-6-15)10-14(19)17-7-8-22(20,21)11-12(17)9-13(18)16-2/h12H,3-11H2,1-2H3,(H,16,18). The van der Waals surface area contributed by atoms with Crippen LogP contribution >= 0.6 is 0 Å². The van der Waals surface area contributed by atoms with E-state index in [2.05, 4.69) is 12.2 Å². The molecular formula is C15H26N2O4S. The normalized spacial score (nSPS) is 26.6. The van der Waals surface area contributed by atoms with E-state index >= 15 is 0 Å². The first kappa shape index (κ1) is 17.2. The predicted octanol–water partition coefficient (Wildman–Crippen LogP) is 0.719. The second-order valence-corrected chi connectivity index (χ2v) is 9.16. The third-order valence-corrected chi connectivity index (χ3v) is 6.64. The van der Waals surface area contributed by atoms with E-state index in [0.717, 1.165) is 25.7 Å². The van der Waals surface area contributed by atoms with Gasteiger partial charge in [-0.25, -0.2) is 8.42 Å². The average Bonchev–Trinajstić information content (AvgIpc) is 2.83. The molecule has 1 saturated carbocycles. The lowest BCUT2D eigenvalue weighted by molar-refractivity contribution is -0.136. The average molecular weight is 330 g/mol. The van der Waals surface area contributed by atoms with Crippen molar-refractivity contribution in [3.05, 3.63) is 0 Å². The molecule has 2 rings (SSSR count). The molecule has 1 saturated heterocycles. The summed E-state index contributed by atoms with van der Waals surface area (Å²) in [6.45, 7) is 2.34. The molecule has 0 aromatic heterocycles. The molecule has 1 aliphatic heterocycles. The van der Waals surface area contributed by atoms with Gasteiger partial charge in [0.2, 0.25) is 11.8 Å². The number of amides is 2. The Morgan fingerprint density at radius 3 is 2.50 bits per heavy atom. The molecule has 126 valence electrons. The topological polar surface area (TPSA) is 83.6 Å². The molecular weight excluding hydrogens is 304 g/mol. The number of hydrogen-bond donors (Lipinski definition) is 1. The highest BCUT2D eigenvalue weighted by Crippen LogP contribution is 2.41. The highest BCUT2D eigenvalue weighted by atomic mass is 32.2. The van der Waals surface area contributed by atoms with E-state index in [0.29, 0.717) is 6.42 Å². The van der Waals surface area contributed by atoms with Crippen molar-refractivity contribution in [2.24, 2.45) is 5.41 Å². The third kappa shape index (κ3) is 4.21. The summed E-state index contributed by atoms with van der Waals surface area (Å²) in [5.74, 6) is -0.345. The van der Waals surface area contributed by atoms with Crippen LogP contribution in [-0.4, -0.2) is 56.3 Å². The number of nitrogens with one attached hydrogen (secondary N) is 1. The largest absolute Gasteiger partial charge is 0.359 e. The Hall–Kier alpha value is -1.11. The van der Waals surface area contributed by atoms with Gasteiger partial charge in [-0.3, -0.25) is 9.59 Å². The van der Waals surface area contributed by atoms with E-state index in [4.69, 9.17) is 0 Å². The first-order valence-corrected chi connectivity index (χ1v) is 9.77. The number of nitrogens with zero attached hydrogens (tertiary/aromatic N) is 1. The summed E-state index contributed by atoms with van der Waals surface area (Å²) < 4.78 is 23.7. The van der Waals surface area contributed by atoms with E-state index < -0.39 is 15.9 Å². The van der Waals surface area contributed by atoms with Gasteiger partial charge in [0.1, 0.15) is 0 Å². The van der Waals surface area contributed by atoms with Crippen molar-refractivity contribution in [3.8, 4) is 0 Å². The van der Waals surface area contributed by atoms with Crippen LogP contribution in [0.4, 0.5) is 0 Å². The Morgan fingerprint density at radius 2 is 1.91 bits per heavy atom. The highest BCUT2D eigenvalue weighted by Gasteiger charge is 2.38. The van der Waals surface area contributed by atoms with Crippen LogP contribution in [0.2, 0.25) is 0 Å². The Kier molecular flexibility index (Phi) is 5.14.